The van der Waals surface area contributed by atoms with Crippen LogP contribution in [-0.2, 0) is 4.74 Å². The Morgan fingerprint density at radius 3 is 2.63 bits per heavy atom. The van der Waals surface area contributed by atoms with E-state index in [1.54, 1.807) is 6.33 Å². The summed E-state index contributed by atoms with van der Waals surface area (Å²) in [7, 11) is 0. The van der Waals surface area contributed by atoms with Crippen LogP contribution in [0.25, 0.3) is 10.2 Å². The second-order valence-electron chi connectivity index (χ2n) is 6.32. The Bertz CT molecular complexity index is 951. The molecular formula is C19H21N5O2S. The van der Waals surface area contributed by atoms with Crippen LogP contribution in [0.4, 0.5) is 11.6 Å². The highest BCUT2D eigenvalue weighted by molar-refractivity contribution is 7.20. The number of carbonyl (C=O) groups excluding carboxylic acids is 1. The smallest absolute Gasteiger partial charge is 0.348 e. The van der Waals surface area contributed by atoms with Crippen LogP contribution in [0.1, 0.15) is 22.2 Å². The summed E-state index contributed by atoms with van der Waals surface area (Å²) in [5, 5.41) is 0.955. The molecule has 0 radical (unpaired) electrons. The highest BCUT2D eigenvalue weighted by Gasteiger charge is 2.25. The first kappa shape index (κ1) is 17.7. The van der Waals surface area contributed by atoms with E-state index >= 15 is 0 Å². The number of pyridine rings is 1. The standard InChI is InChI=1S/C19H21N5O2S/c1-3-26-19(25)16-13(2)15-17(21-12-22-18(15)27-16)24-10-8-23(9-11-24)14-6-4-5-7-20-14/h4-7,12H,3,8-11H2,1-2H3. The molecule has 140 valence electrons. The third-order valence-corrected chi connectivity index (χ3v) is 5.90. The number of hydrogen-bond acceptors (Lipinski definition) is 8. The maximum atomic E-state index is 12.2. The molecule has 1 aliphatic heterocycles. The fraction of sp³-hybridized carbons (Fsp3) is 0.368. The number of hydrogen-bond donors (Lipinski definition) is 0. The Hall–Kier alpha value is -2.74. The van der Waals surface area contributed by atoms with Crippen molar-refractivity contribution in [2.75, 3.05) is 42.6 Å². The van der Waals surface area contributed by atoms with Gasteiger partial charge >= 0.3 is 5.97 Å². The van der Waals surface area contributed by atoms with E-state index in [-0.39, 0.29) is 5.97 Å². The van der Waals surface area contributed by atoms with Crippen molar-refractivity contribution < 1.29 is 9.53 Å². The van der Waals surface area contributed by atoms with Crippen LogP contribution < -0.4 is 9.80 Å². The number of rotatable bonds is 4. The fourth-order valence-corrected chi connectivity index (χ4v) is 4.41. The van der Waals surface area contributed by atoms with Crippen molar-refractivity contribution in [3.05, 3.63) is 41.2 Å². The predicted molar refractivity (Wildman–Crippen MR) is 107 cm³/mol. The number of nitrogens with zero attached hydrogens (tertiary/aromatic N) is 5. The number of aromatic nitrogens is 3. The molecule has 0 saturated carbocycles. The van der Waals surface area contributed by atoms with Crippen LogP contribution in [0.5, 0.6) is 0 Å². The van der Waals surface area contributed by atoms with Crippen LogP contribution >= 0.6 is 11.3 Å². The van der Waals surface area contributed by atoms with Crippen molar-refractivity contribution >= 4 is 39.2 Å². The molecule has 3 aromatic heterocycles. The molecule has 0 aliphatic carbocycles. The second-order valence-corrected chi connectivity index (χ2v) is 7.32. The van der Waals surface area contributed by atoms with Gasteiger partial charge in [-0.05, 0) is 31.5 Å². The van der Waals surface area contributed by atoms with E-state index in [2.05, 4.69) is 24.8 Å². The van der Waals surface area contributed by atoms with E-state index in [9.17, 15) is 4.79 Å². The third kappa shape index (κ3) is 3.32. The van der Waals surface area contributed by atoms with E-state index in [4.69, 9.17) is 4.74 Å². The van der Waals surface area contributed by atoms with Gasteiger partial charge in [0, 0.05) is 32.4 Å². The minimum absolute atomic E-state index is 0.288. The van der Waals surface area contributed by atoms with Gasteiger partial charge in [-0.1, -0.05) is 6.07 Å². The third-order valence-electron chi connectivity index (χ3n) is 4.72. The summed E-state index contributed by atoms with van der Waals surface area (Å²) < 4.78 is 5.18. The number of anilines is 2. The van der Waals surface area contributed by atoms with Crippen molar-refractivity contribution in [2.24, 2.45) is 0 Å². The zero-order valence-electron chi connectivity index (χ0n) is 15.4. The molecule has 4 rings (SSSR count). The number of carbonyl (C=O) groups is 1. The van der Waals surface area contributed by atoms with E-state index in [0.717, 1.165) is 53.6 Å². The number of piperazine rings is 1. The van der Waals surface area contributed by atoms with Gasteiger partial charge in [-0.3, -0.25) is 0 Å². The zero-order valence-corrected chi connectivity index (χ0v) is 16.2. The highest BCUT2D eigenvalue weighted by Crippen LogP contribution is 2.35. The molecule has 0 atom stereocenters. The summed E-state index contributed by atoms with van der Waals surface area (Å²) in [4.78, 5) is 31.6. The quantitative estimate of drug-likeness (QED) is 0.642. The lowest BCUT2D eigenvalue weighted by atomic mass is 10.2. The Kier molecular flexibility index (Phi) is 4.89. The van der Waals surface area contributed by atoms with Gasteiger partial charge in [-0.25, -0.2) is 19.7 Å². The molecule has 0 bridgehead atoms. The lowest BCUT2D eigenvalue weighted by Gasteiger charge is -2.36. The van der Waals surface area contributed by atoms with Crippen LogP contribution in [0, 0.1) is 6.92 Å². The van der Waals surface area contributed by atoms with Gasteiger partial charge in [0.15, 0.2) is 0 Å². The normalized spacial score (nSPS) is 14.6. The average molecular weight is 383 g/mol. The molecule has 1 fully saturated rings. The summed E-state index contributed by atoms with van der Waals surface area (Å²) in [5.41, 5.74) is 0.899. The minimum atomic E-state index is -0.288. The Labute approximate surface area is 161 Å². The number of fused-ring (bicyclic) bond motifs is 1. The average Bonchev–Trinajstić information content (AvgIpc) is 3.06. The molecule has 8 heteroatoms. The van der Waals surface area contributed by atoms with E-state index in [1.807, 2.05) is 38.2 Å². The summed E-state index contributed by atoms with van der Waals surface area (Å²) in [6.07, 6.45) is 3.40. The van der Waals surface area contributed by atoms with Gasteiger partial charge in [-0.15, -0.1) is 11.3 Å². The Balaban J connectivity index is 1.60. The molecule has 1 saturated heterocycles. The van der Waals surface area contributed by atoms with Crippen LogP contribution in [-0.4, -0.2) is 53.7 Å². The number of thiophene rings is 1. The monoisotopic (exact) mass is 383 g/mol. The summed E-state index contributed by atoms with van der Waals surface area (Å²) in [6.45, 7) is 7.54. The lowest BCUT2D eigenvalue weighted by molar-refractivity contribution is 0.0531. The van der Waals surface area contributed by atoms with Gasteiger partial charge in [0.25, 0.3) is 0 Å². The van der Waals surface area contributed by atoms with Crippen LogP contribution in [0.3, 0.4) is 0 Å². The van der Waals surface area contributed by atoms with Crippen LogP contribution in [0.2, 0.25) is 0 Å². The molecular weight excluding hydrogens is 362 g/mol. The molecule has 3 aromatic rings. The fourth-order valence-electron chi connectivity index (χ4n) is 3.37. The maximum Gasteiger partial charge on any atom is 0.348 e. The number of esters is 1. The summed E-state index contributed by atoms with van der Waals surface area (Å²) in [5.74, 6) is 1.61. The van der Waals surface area contributed by atoms with Crippen molar-refractivity contribution in [1.82, 2.24) is 15.0 Å². The molecule has 0 N–H and O–H groups in total. The lowest BCUT2D eigenvalue weighted by Crippen LogP contribution is -2.47. The molecule has 27 heavy (non-hydrogen) atoms. The molecule has 1 aliphatic rings. The van der Waals surface area contributed by atoms with Crippen molar-refractivity contribution in [3.63, 3.8) is 0 Å². The SMILES string of the molecule is CCOC(=O)c1sc2ncnc(N3CCN(c4ccccn4)CC3)c2c1C. The van der Waals surface area contributed by atoms with Crippen molar-refractivity contribution in [1.29, 1.82) is 0 Å². The number of aryl methyl sites for hydroxylation is 1. The Morgan fingerprint density at radius 1 is 1.15 bits per heavy atom. The largest absolute Gasteiger partial charge is 0.462 e. The minimum Gasteiger partial charge on any atom is -0.462 e. The van der Waals surface area contributed by atoms with Crippen molar-refractivity contribution in [2.45, 2.75) is 13.8 Å². The molecule has 0 amide bonds. The topological polar surface area (TPSA) is 71.5 Å². The van der Waals surface area contributed by atoms with E-state index in [1.165, 1.54) is 11.3 Å². The molecule has 0 aromatic carbocycles. The molecule has 0 unspecified atom stereocenters. The van der Waals surface area contributed by atoms with E-state index in [0.29, 0.717) is 11.5 Å². The van der Waals surface area contributed by atoms with Gasteiger partial charge in [0.1, 0.15) is 27.7 Å². The maximum absolute atomic E-state index is 12.2. The van der Waals surface area contributed by atoms with Gasteiger partial charge in [-0.2, -0.15) is 0 Å². The molecule has 4 heterocycles. The molecule has 0 spiro atoms. The first-order chi connectivity index (χ1) is 13.2. The van der Waals surface area contributed by atoms with Crippen molar-refractivity contribution in [3.8, 4) is 0 Å². The zero-order chi connectivity index (χ0) is 18.8. The van der Waals surface area contributed by atoms with Crippen LogP contribution in [0.15, 0.2) is 30.7 Å². The second kappa shape index (κ2) is 7.48. The first-order valence-corrected chi connectivity index (χ1v) is 9.82. The number of ether oxygens (including phenoxy) is 1. The van der Waals surface area contributed by atoms with E-state index < -0.39 is 0 Å². The Morgan fingerprint density at radius 2 is 1.93 bits per heavy atom. The van der Waals surface area contributed by atoms with Gasteiger partial charge < -0.3 is 14.5 Å². The molecule has 7 nitrogen and oxygen atoms in total. The van der Waals surface area contributed by atoms with Gasteiger partial charge in [0.2, 0.25) is 0 Å². The summed E-state index contributed by atoms with van der Waals surface area (Å²) in [6, 6.07) is 5.97. The highest BCUT2D eigenvalue weighted by atomic mass is 32.1. The van der Waals surface area contributed by atoms with Gasteiger partial charge in [0.05, 0.1) is 12.0 Å². The predicted octanol–water partition coefficient (Wildman–Crippen LogP) is 2.90. The first-order valence-electron chi connectivity index (χ1n) is 9.01. The summed E-state index contributed by atoms with van der Waals surface area (Å²) >= 11 is 1.37.